The van der Waals surface area contributed by atoms with Gasteiger partial charge in [-0.2, -0.15) is 0 Å². The molecule has 82 valence electrons. The number of benzene rings is 1. The number of halogens is 1. The molecule has 0 atom stereocenters. The Balaban J connectivity index is 2.31. The topological polar surface area (TPSA) is 22.1 Å². The third-order valence-corrected chi connectivity index (χ3v) is 2.82. The molecule has 0 aliphatic carbocycles. The highest BCUT2D eigenvalue weighted by Gasteiger charge is 2.04. The standard InChI is InChI=1S/C13H12BrNO/c1-9-7-11(14)3-4-12(9)16-13-5-6-15-8-10(13)2/h3-8H,1-2H3. The molecule has 1 heterocycles. The second kappa shape index (κ2) is 4.66. The number of hydrogen-bond donors (Lipinski definition) is 0. The number of ether oxygens (including phenoxy) is 1. The van der Waals surface area contributed by atoms with Crippen LogP contribution in [-0.4, -0.2) is 4.98 Å². The fraction of sp³-hybridized carbons (Fsp3) is 0.154. The molecule has 0 bridgehead atoms. The van der Waals surface area contributed by atoms with Crippen LogP contribution in [-0.2, 0) is 0 Å². The van der Waals surface area contributed by atoms with E-state index in [9.17, 15) is 0 Å². The first kappa shape index (κ1) is 11.1. The maximum Gasteiger partial charge on any atom is 0.133 e. The third-order valence-electron chi connectivity index (χ3n) is 2.33. The molecule has 0 saturated carbocycles. The molecule has 0 N–H and O–H groups in total. The van der Waals surface area contributed by atoms with E-state index in [0.717, 1.165) is 27.1 Å². The van der Waals surface area contributed by atoms with E-state index in [0.29, 0.717) is 0 Å². The van der Waals surface area contributed by atoms with Crippen LogP contribution in [0.25, 0.3) is 0 Å². The number of nitrogens with zero attached hydrogens (tertiary/aromatic N) is 1. The molecule has 0 unspecified atom stereocenters. The van der Waals surface area contributed by atoms with Gasteiger partial charge in [0.1, 0.15) is 11.5 Å². The lowest BCUT2D eigenvalue weighted by Gasteiger charge is -2.10. The highest BCUT2D eigenvalue weighted by Crippen LogP contribution is 2.28. The number of pyridine rings is 1. The van der Waals surface area contributed by atoms with Crippen molar-refractivity contribution in [1.82, 2.24) is 4.98 Å². The molecule has 0 fully saturated rings. The molecule has 16 heavy (non-hydrogen) atoms. The number of hydrogen-bond acceptors (Lipinski definition) is 2. The van der Waals surface area contributed by atoms with Gasteiger partial charge in [-0.1, -0.05) is 15.9 Å². The lowest BCUT2D eigenvalue weighted by Crippen LogP contribution is -1.90. The van der Waals surface area contributed by atoms with Crippen LogP contribution in [0.1, 0.15) is 11.1 Å². The van der Waals surface area contributed by atoms with Gasteiger partial charge >= 0.3 is 0 Å². The average Bonchev–Trinajstić information content (AvgIpc) is 2.25. The highest BCUT2D eigenvalue weighted by atomic mass is 79.9. The van der Waals surface area contributed by atoms with Gasteiger partial charge in [-0.05, 0) is 43.7 Å². The Morgan fingerprint density at radius 2 is 1.81 bits per heavy atom. The summed E-state index contributed by atoms with van der Waals surface area (Å²) in [6, 6.07) is 7.83. The third kappa shape index (κ3) is 2.42. The quantitative estimate of drug-likeness (QED) is 0.819. The second-order valence-corrected chi connectivity index (χ2v) is 4.57. The molecule has 3 heteroatoms. The van der Waals surface area contributed by atoms with E-state index in [1.807, 2.05) is 38.1 Å². The summed E-state index contributed by atoms with van der Waals surface area (Å²) < 4.78 is 6.89. The molecule has 2 aromatic rings. The van der Waals surface area contributed by atoms with Gasteiger partial charge in [-0.25, -0.2) is 0 Å². The van der Waals surface area contributed by atoms with E-state index < -0.39 is 0 Å². The largest absolute Gasteiger partial charge is 0.457 e. The van der Waals surface area contributed by atoms with Gasteiger partial charge in [-0.15, -0.1) is 0 Å². The van der Waals surface area contributed by atoms with Crippen molar-refractivity contribution in [2.24, 2.45) is 0 Å². The summed E-state index contributed by atoms with van der Waals surface area (Å²) in [5, 5.41) is 0. The van der Waals surface area contributed by atoms with Gasteiger partial charge in [-0.3, -0.25) is 4.98 Å². The summed E-state index contributed by atoms with van der Waals surface area (Å²) in [6.45, 7) is 4.01. The Morgan fingerprint density at radius 3 is 2.50 bits per heavy atom. The van der Waals surface area contributed by atoms with Crippen LogP contribution >= 0.6 is 15.9 Å². The normalized spacial score (nSPS) is 10.2. The number of rotatable bonds is 2. The van der Waals surface area contributed by atoms with Crippen molar-refractivity contribution in [3.63, 3.8) is 0 Å². The van der Waals surface area contributed by atoms with Crippen molar-refractivity contribution < 1.29 is 4.74 Å². The van der Waals surface area contributed by atoms with Crippen molar-refractivity contribution in [1.29, 1.82) is 0 Å². The molecule has 0 amide bonds. The molecular weight excluding hydrogens is 266 g/mol. The Bertz CT molecular complexity index is 511. The van der Waals surface area contributed by atoms with Crippen molar-refractivity contribution >= 4 is 15.9 Å². The predicted octanol–water partition coefficient (Wildman–Crippen LogP) is 4.25. The van der Waals surface area contributed by atoms with E-state index in [2.05, 4.69) is 20.9 Å². The fourth-order valence-corrected chi connectivity index (χ4v) is 1.90. The average molecular weight is 278 g/mol. The molecule has 0 aliphatic heterocycles. The first-order valence-electron chi connectivity index (χ1n) is 5.01. The molecule has 2 rings (SSSR count). The van der Waals surface area contributed by atoms with Crippen LogP contribution in [0.15, 0.2) is 41.1 Å². The Labute approximate surface area is 103 Å². The molecule has 0 aliphatic rings. The highest BCUT2D eigenvalue weighted by molar-refractivity contribution is 9.10. The van der Waals surface area contributed by atoms with Crippen molar-refractivity contribution in [2.45, 2.75) is 13.8 Å². The first-order chi connectivity index (χ1) is 7.66. The Hall–Kier alpha value is -1.35. The molecule has 0 radical (unpaired) electrons. The zero-order valence-corrected chi connectivity index (χ0v) is 10.8. The maximum atomic E-state index is 5.83. The second-order valence-electron chi connectivity index (χ2n) is 3.65. The van der Waals surface area contributed by atoms with Crippen molar-refractivity contribution in [3.05, 3.63) is 52.3 Å². The minimum Gasteiger partial charge on any atom is -0.457 e. The van der Waals surface area contributed by atoms with Gasteiger partial charge in [0.15, 0.2) is 0 Å². The summed E-state index contributed by atoms with van der Waals surface area (Å²) in [7, 11) is 0. The molecule has 2 nitrogen and oxygen atoms in total. The smallest absolute Gasteiger partial charge is 0.133 e. The summed E-state index contributed by atoms with van der Waals surface area (Å²) >= 11 is 3.43. The van der Waals surface area contributed by atoms with Crippen molar-refractivity contribution in [3.8, 4) is 11.5 Å². The molecule has 0 saturated heterocycles. The Kier molecular flexibility index (Phi) is 3.25. The SMILES string of the molecule is Cc1cnccc1Oc1ccc(Br)cc1C. The van der Waals surface area contributed by atoms with Gasteiger partial charge in [0.25, 0.3) is 0 Å². The summed E-state index contributed by atoms with van der Waals surface area (Å²) in [4.78, 5) is 4.04. The monoisotopic (exact) mass is 277 g/mol. The van der Waals surface area contributed by atoms with E-state index >= 15 is 0 Å². The lowest BCUT2D eigenvalue weighted by atomic mass is 10.2. The fourth-order valence-electron chi connectivity index (χ4n) is 1.42. The van der Waals surface area contributed by atoms with E-state index in [4.69, 9.17) is 4.74 Å². The number of aromatic nitrogens is 1. The van der Waals surface area contributed by atoms with Gasteiger partial charge in [0.2, 0.25) is 0 Å². The zero-order chi connectivity index (χ0) is 11.5. The molecule has 1 aromatic heterocycles. The first-order valence-corrected chi connectivity index (χ1v) is 5.81. The molecule has 0 spiro atoms. The molecule has 1 aromatic carbocycles. The van der Waals surface area contributed by atoms with Crippen LogP contribution in [0.5, 0.6) is 11.5 Å². The van der Waals surface area contributed by atoms with Gasteiger partial charge in [0.05, 0.1) is 0 Å². The van der Waals surface area contributed by atoms with E-state index in [1.54, 1.807) is 12.4 Å². The van der Waals surface area contributed by atoms with Crippen LogP contribution in [0.4, 0.5) is 0 Å². The summed E-state index contributed by atoms with van der Waals surface area (Å²) in [6.07, 6.45) is 3.53. The predicted molar refractivity (Wildman–Crippen MR) is 67.9 cm³/mol. The van der Waals surface area contributed by atoms with E-state index in [-0.39, 0.29) is 0 Å². The summed E-state index contributed by atoms with van der Waals surface area (Å²) in [5.41, 5.74) is 2.13. The zero-order valence-electron chi connectivity index (χ0n) is 9.20. The van der Waals surface area contributed by atoms with Crippen molar-refractivity contribution in [2.75, 3.05) is 0 Å². The van der Waals surface area contributed by atoms with Gasteiger partial charge < -0.3 is 4.74 Å². The Morgan fingerprint density at radius 1 is 1.06 bits per heavy atom. The maximum absolute atomic E-state index is 5.83. The lowest BCUT2D eigenvalue weighted by molar-refractivity contribution is 0.474. The van der Waals surface area contributed by atoms with E-state index in [1.165, 1.54) is 0 Å². The van der Waals surface area contributed by atoms with Crippen LogP contribution in [0.3, 0.4) is 0 Å². The van der Waals surface area contributed by atoms with Crippen LogP contribution in [0.2, 0.25) is 0 Å². The van der Waals surface area contributed by atoms with Gasteiger partial charge in [0, 0.05) is 22.4 Å². The number of aryl methyl sites for hydroxylation is 2. The minimum atomic E-state index is 0.848. The van der Waals surface area contributed by atoms with Crippen LogP contribution < -0.4 is 4.74 Å². The van der Waals surface area contributed by atoms with Crippen LogP contribution in [0, 0.1) is 13.8 Å². The minimum absolute atomic E-state index is 0.848. The molecular formula is C13H12BrNO. The summed E-state index contributed by atoms with van der Waals surface area (Å²) in [5.74, 6) is 1.72.